The summed E-state index contributed by atoms with van der Waals surface area (Å²) in [6.45, 7) is 3.73. The molecule has 0 heterocycles. The lowest BCUT2D eigenvalue weighted by molar-refractivity contribution is -0.122. The average Bonchev–Trinajstić information content (AvgIpc) is 2.37. The van der Waals surface area contributed by atoms with Crippen LogP contribution < -0.4 is 16.0 Å². The van der Waals surface area contributed by atoms with Gasteiger partial charge in [0.15, 0.2) is 0 Å². The highest BCUT2D eigenvalue weighted by atomic mass is 19.4. The summed E-state index contributed by atoms with van der Waals surface area (Å²) in [5.74, 6) is -0.516. The summed E-state index contributed by atoms with van der Waals surface area (Å²) in [4.78, 5) is 22.9. The van der Waals surface area contributed by atoms with Crippen LogP contribution in [0, 0.1) is 20.8 Å². The maximum Gasteiger partial charge on any atom is 0.405 e. The first kappa shape index (κ1) is 17.8. The first-order valence-electron chi connectivity index (χ1n) is 6.54. The number of nitrogens with one attached hydrogen (secondary N) is 3. The Labute approximate surface area is 126 Å². The fourth-order valence-electron chi connectivity index (χ4n) is 1.96. The van der Waals surface area contributed by atoms with E-state index in [4.69, 9.17) is 0 Å². The lowest BCUT2D eigenvalue weighted by Crippen LogP contribution is -2.43. The van der Waals surface area contributed by atoms with Crippen molar-refractivity contribution < 1.29 is 22.8 Å². The smallest absolute Gasteiger partial charge is 0.329 e. The standard InChI is InChI=1S/C14H18F3N3O2/c1-8-4-9(2)12(10(3)5-8)20-11(21)6-18-13(22)19-7-14(15,16)17/h4-5H,6-7H2,1-3H3,(H,20,21)(H2,18,19,22). The van der Waals surface area contributed by atoms with E-state index in [9.17, 15) is 22.8 Å². The summed E-state index contributed by atoms with van der Waals surface area (Å²) in [6, 6.07) is 2.74. The van der Waals surface area contributed by atoms with E-state index in [1.807, 2.05) is 32.9 Å². The van der Waals surface area contributed by atoms with Crippen LogP contribution in [-0.2, 0) is 4.79 Å². The number of halogens is 3. The molecule has 0 saturated heterocycles. The van der Waals surface area contributed by atoms with Crippen LogP contribution in [0.15, 0.2) is 12.1 Å². The van der Waals surface area contributed by atoms with Crippen LogP contribution in [0.1, 0.15) is 16.7 Å². The normalized spacial score (nSPS) is 11.0. The fraction of sp³-hybridized carbons (Fsp3) is 0.429. The third-order valence-electron chi connectivity index (χ3n) is 2.80. The van der Waals surface area contributed by atoms with Gasteiger partial charge >= 0.3 is 12.2 Å². The predicted octanol–water partition coefficient (Wildman–Crippen LogP) is 2.41. The monoisotopic (exact) mass is 317 g/mol. The Bertz CT molecular complexity index is 548. The average molecular weight is 317 g/mol. The molecule has 122 valence electrons. The zero-order chi connectivity index (χ0) is 16.9. The van der Waals surface area contributed by atoms with Crippen molar-refractivity contribution in [2.24, 2.45) is 0 Å². The topological polar surface area (TPSA) is 70.2 Å². The molecule has 0 fully saturated rings. The van der Waals surface area contributed by atoms with Gasteiger partial charge in [0, 0.05) is 5.69 Å². The molecule has 1 rings (SSSR count). The Kier molecular flexibility index (Phi) is 5.78. The summed E-state index contributed by atoms with van der Waals surface area (Å²) in [5, 5.41) is 6.31. The number of urea groups is 1. The molecule has 3 amide bonds. The lowest BCUT2D eigenvalue weighted by atomic mass is 10.1. The molecule has 22 heavy (non-hydrogen) atoms. The molecule has 0 aliphatic carbocycles. The maximum absolute atomic E-state index is 11.9. The lowest BCUT2D eigenvalue weighted by Gasteiger charge is -2.13. The van der Waals surface area contributed by atoms with Gasteiger partial charge in [-0.15, -0.1) is 0 Å². The molecule has 0 aliphatic rings. The molecule has 8 heteroatoms. The largest absolute Gasteiger partial charge is 0.405 e. The highest BCUT2D eigenvalue weighted by Crippen LogP contribution is 2.21. The number of rotatable bonds is 4. The van der Waals surface area contributed by atoms with Crippen molar-refractivity contribution in [3.05, 3.63) is 28.8 Å². The second-order valence-electron chi connectivity index (χ2n) is 4.97. The number of hydrogen-bond donors (Lipinski definition) is 3. The molecular formula is C14H18F3N3O2. The van der Waals surface area contributed by atoms with Crippen molar-refractivity contribution in [2.75, 3.05) is 18.4 Å². The second kappa shape index (κ2) is 7.15. The van der Waals surface area contributed by atoms with E-state index in [0.717, 1.165) is 16.7 Å². The molecule has 0 aliphatic heterocycles. The number of amides is 3. The van der Waals surface area contributed by atoms with E-state index >= 15 is 0 Å². The molecule has 5 nitrogen and oxygen atoms in total. The van der Waals surface area contributed by atoms with Crippen LogP contribution in [0.3, 0.4) is 0 Å². The number of hydrogen-bond acceptors (Lipinski definition) is 2. The van der Waals surface area contributed by atoms with Crippen molar-refractivity contribution in [1.29, 1.82) is 0 Å². The number of anilines is 1. The van der Waals surface area contributed by atoms with Gasteiger partial charge in [0.1, 0.15) is 6.54 Å². The Morgan fingerprint density at radius 3 is 2.09 bits per heavy atom. The van der Waals surface area contributed by atoms with Crippen LogP contribution in [0.25, 0.3) is 0 Å². The Balaban J connectivity index is 2.49. The quantitative estimate of drug-likeness (QED) is 0.798. The Morgan fingerprint density at radius 2 is 1.59 bits per heavy atom. The van der Waals surface area contributed by atoms with Gasteiger partial charge in [-0.3, -0.25) is 4.79 Å². The van der Waals surface area contributed by atoms with Gasteiger partial charge in [-0.2, -0.15) is 13.2 Å². The van der Waals surface area contributed by atoms with E-state index in [1.165, 1.54) is 0 Å². The van der Waals surface area contributed by atoms with Crippen molar-refractivity contribution in [2.45, 2.75) is 26.9 Å². The van der Waals surface area contributed by atoms with E-state index in [-0.39, 0.29) is 0 Å². The van der Waals surface area contributed by atoms with Crippen LogP contribution in [0.4, 0.5) is 23.7 Å². The van der Waals surface area contributed by atoms with E-state index < -0.39 is 31.2 Å². The molecular weight excluding hydrogens is 299 g/mol. The van der Waals surface area contributed by atoms with E-state index in [0.29, 0.717) is 5.69 Å². The maximum atomic E-state index is 11.9. The molecule has 1 aromatic carbocycles. The molecule has 0 spiro atoms. The minimum Gasteiger partial charge on any atom is -0.329 e. The van der Waals surface area contributed by atoms with Crippen molar-refractivity contribution >= 4 is 17.6 Å². The van der Waals surface area contributed by atoms with E-state index in [1.54, 1.807) is 5.32 Å². The second-order valence-corrected chi connectivity index (χ2v) is 4.97. The van der Waals surface area contributed by atoms with Gasteiger partial charge in [0.05, 0.1) is 6.54 Å². The molecule has 0 bridgehead atoms. The van der Waals surface area contributed by atoms with Crippen molar-refractivity contribution in [3.63, 3.8) is 0 Å². The Morgan fingerprint density at radius 1 is 1.05 bits per heavy atom. The highest BCUT2D eigenvalue weighted by Gasteiger charge is 2.27. The predicted molar refractivity (Wildman–Crippen MR) is 76.7 cm³/mol. The van der Waals surface area contributed by atoms with Gasteiger partial charge in [-0.25, -0.2) is 4.79 Å². The highest BCUT2D eigenvalue weighted by molar-refractivity contribution is 5.95. The zero-order valence-electron chi connectivity index (χ0n) is 12.5. The summed E-state index contributed by atoms with van der Waals surface area (Å²) in [7, 11) is 0. The fourth-order valence-corrected chi connectivity index (χ4v) is 1.96. The zero-order valence-corrected chi connectivity index (χ0v) is 12.5. The molecule has 1 aromatic rings. The van der Waals surface area contributed by atoms with Crippen LogP contribution >= 0.6 is 0 Å². The first-order chi connectivity index (χ1) is 10.1. The minimum absolute atomic E-state index is 0.420. The van der Waals surface area contributed by atoms with Crippen LogP contribution in [0.5, 0.6) is 0 Å². The molecule has 0 unspecified atom stereocenters. The van der Waals surface area contributed by atoms with Crippen molar-refractivity contribution in [3.8, 4) is 0 Å². The summed E-state index contributed by atoms with van der Waals surface area (Å²) in [6.07, 6.45) is -4.49. The van der Waals surface area contributed by atoms with Crippen molar-refractivity contribution in [1.82, 2.24) is 10.6 Å². The third-order valence-corrected chi connectivity index (χ3v) is 2.80. The number of carbonyl (C=O) groups is 2. The van der Waals surface area contributed by atoms with Crippen LogP contribution in [-0.4, -0.2) is 31.2 Å². The first-order valence-corrected chi connectivity index (χ1v) is 6.54. The molecule has 0 radical (unpaired) electrons. The summed E-state index contributed by atoms with van der Waals surface area (Å²) >= 11 is 0. The van der Waals surface area contributed by atoms with Gasteiger partial charge in [-0.05, 0) is 31.9 Å². The van der Waals surface area contributed by atoms with Gasteiger partial charge in [0.2, 0.25) is 5.91 Å². The van der Waals surface area contributed by atoms with Gasteiger partial charge < -0.3 is 16.0 Å². The molecule has 0 atom stereocenters. The number of benzene rings is 1. The number of carbonyl (C=O) groups excluding carboxylic acids is 2. The SMILES string of the molecule is Cc1cc(C)c(NC(=O)CNC(=O)NCC(F)(F)F)c(C)c1. The molecule has 0 aromatic heterocycles. The minimum atomic E-state index is -4.49. The third kappa shape index (κ3) is 6.02. The van der Waals surface area contributed by atoms with Gasteiger partial charge in [-0.1, -0.05) is 17.7 Å². The number of aryl methyl sites for hydroxylation is 3. The Hall–Kier alpha value is -2.25. The number of alkyl halides is 3. The van der Waals surface area contributed by atoms with E-state index in [2.05, 4.69) is 10.6 Å². The summed E-state index contributed by atoms with van der Waals surface area (Å²) < 4.78 is 35.7. The summed E-state index contributed by atoms with van der Waals surface area (Å²) in [5.41, 5.74) is 3.42. The van der Waals surface area contributed by atoms with Gasteiger partial charge in [0.25, 0.3) is 0 Å². The molecule has 0 saturated carbocycles. The van der Waals surface area contributed by atoms with Crippen LogP contribution in [0.2, 0.25) is 0 Å². The molecule has 3 N–H and O–H groups in total.